The lowest BCUT2D eigenvalue weighted by Crippen LogP contribution is -2.45. The van der Waals surface area contributed by atoms with Gasteiger partial charge in [0.05, 0.1) is 0 Å². The monoisotopic (exact) mass is 340 g/mol. The van der Waals surface area contributed by atoms with Crippen LogP contribution in [0.4, 0.5) is 5.95 Å². The van der Waals surface area contributed by atoms with E-state index in [0.717, 1.165) is 42.8 Å². The van der Waals surface area contributed by atoms with E-state index in [-0.39, 0.29) is 11.9 Å². The average molecular weight is 340 g/mol. The van der Waals surface area contributed by atoms with Gasteiger partial charge in [0.15, 0.2) is 0 Å². The fourth-order valence-electron chi connectivity index (χ4n) is 3.26. The minimum atomic E-state index is 0.0264. The molecule has 0 saturated carbocycles. The molecule has 0 bridgehead atoms. The maximum Gasteiger partial charge on any atom is 0.251 e. The molecule has 24 heavy (non-hydrogen) atoms. The van der Waals surface area contributed by atoms with Crippen molar-refractivity contribution in [3.8, 4) is 0 Å². The molecule has 0 radical (unpaired) electrons. The Morgan fingerprint density at radius 2 is 2.12 bits per heavy atom. The average Bonchev–Trinajstić information content (AvgIpc) is 3.23. The first-order valence-electron chi connectivity index (χ1n) is 8.21. The van der Waals surface area contributed by atoms with Gasteiger partial charge in [0.1, 0.15) is 0 Å². The molecule has 1 amide bonds. The van der Waals surface area contributed by atoms with E-state index >= 15 is 0 Å². The SMILES string of the molecule is Cn1ccnc1N1CCC(NC(=O)c2ccc3sccc3c2)CC1. The minimum absolute atomic E-state index is 0.0264. The maximum atomic E-state index is 12.5. The Morgan fingerprint density at radius 1 is 1.29 bits per heavy atom. The van der Waals surface area contributed by atoms with E-state index in [0.29, 0.717) is 0 Å². The first-order chi connectivity index (χ1) is 11.7. The summed E-state index contributed by atoms with van der Waals surface area (Å²) in [7, 11) is 2.01. The molecule has 1 aliphatic heterocycles. The topological polar surface area (TPSA) is 50.2 Å². The van der Waals surface area contributed by atoms with Gasteiger partial charge in [0.25, 0.3) is 5.91 Å². The predicted octanol–water partition coefficient (Wildman–Crippen LogP) is 3.03. The molecule has 1 aromatic carbocycles. The van der Waals surface area contributed by atoms with E-state index in [1.165, 1.54) is 4.70 Å². The van der Waals surface area contributed by atoms with Crippen LogP contribution in [0.1, 0.15) is 23.2 Å². The number of fused-ring (bicyclic) bond motifs is 1. The summed E-state index contributed by atoms with van der Waals surface area (Å²) >= 11 is 1.70. The number of nitrogens with zero attached hydrogens (tertiary/aromatic N) is 3. The van der Waals surface area contributed by atoms with Crippen LogP contribution in [0.25, 0.3) is 10.1 Å². The van der Waals surface area contributed by atoms with E-state index in [1.54, 1.807) is 11.3 Å². The molecule has 1 N–H and O–H groups in total. The molecule has 2 aromatic heterocycles. The summed E-state index contributed by atoms with van der Waals surface area (Å²) < 4.78 is 3.25. The molecule has 124 valence electrons. The third-order valence-corrected chi connectivity index (χ3v) is 5.52. The van der Waals surface area contributed by atoms with Crippen LogP contribution in [0.2, 0.25) is 0 Å². The largest absolute Gasteiger partial charge is 0.349 e. The van der Waals surface area contributed by atoms with Crippen LogP contribution >= 0.6 is 11.3 Å². The van der Waals surface area contributed by atoms with Gasteiger partial charge in [-0.2, -0.15) is 0 Å². The molecule has 0 aliphatic carbocycles. The number of rotatable bonds is 3. The molecule has 0 unspecified atom stereocenters. The molecule has 1 saturated heterocycles. The standard InChI is InChI=1S/C18H20N4OS/c1-21-10-7-19-18(21)22-8-4-15(5-9-22)20-17(23)14-2-3-16-13(12-14)6-11-24-16/h2-3,6-7,10-12,15H,4-5,8-9H2,1H3,(H,20,23). The van der Waals surface area contributed by atoms with Gasteiger partial charge >= 0.3 is 0 Å². The Morgan fingerprint density at radius 3 is 2.88 bits per heavy atom. The summed E-state index contributed by atoms with van der Waals surface area (Å²) in [6.45, 7) is 1.83. The zero-order valence-electron chi connectivity index (χ0n) is 13.6. The van der Waals surface area contributed by atoms with Crippen LogP contribution in [-0.4, -0.2) is 34.6 Å². The highest BCUT2D eigenvalue weighted by Gasteiger charge is 2.23. The zero-order valence-corrected chi connectivity index (χ0v) is 14.4. The van der Waals surface area contributed by atoms with Crippen molar-refractivity contribution in [2.75, 3.05) is 18.0 Å². The fourth-order valence-corrected chi connectivity index (χ4v) is 4.03. The highest BCUT2D eigenvalue weighted by molar-refractivity contribution is 7.17. The number of imidazole rings is 1. The van der Waals surface area contributed by atoms with Gasteiger partial charge < -0.3 is 14.8 Å². The van der Waals surface area contributed by atoms with Crippen LogP contribution in [0.15, 0.2) is 42.0 Å². The van der Waals surface area contributed by atoms with Crippen molar-refractivity contribution in [3.05, 3.63) is 47.6 Å². The van der Waals surface area contributed by atoms with Crippen LogP contribution in [0.5, 0.6) is 0 Å². The van der Waals surface area contributed by atoms with Crippen LogP contribution in [0, 0.1) is 0 Å². The molecule has 0 spiro atoms. The van der Waals surface area contributed by atoms with Gasteiger partial charge in [-0.1, -0.05) is 0 Å². The van der Waals surface area contributed by atoms with Crippen molar-refractivity contribution in [3.63, 3.8) is 0 Å². The molecule has 1 fully saturated rings. The smallest absolute Gasteiger partial charge is 0.251 e. The highest BCUT2D eigenvalue weighted by Crippen LogP contribution is 2.22. The number of piperidine rings is 1. The lowest BCUT2D eigenvalue weighted by Gasteiger charge is -2.33. The van der Waals surface area contributed by atoms with Crippen molar-refractivity contribution in [2.45, 2.75) is 18.9 Å². The summed E-state index contributed by atoms with van der Waals surface area (Å²) in [6, 6.07) is 8.20. The quantitative estimate of drug-likeness (QED) is 0.797. The maximum absolute atomic E-state index is 12.5. The Balaban J connectivity index is 1.38. The molecular formula is C18H20N4OS. The highest BCUT2D eigenvalue weighted by atomic mass is 32.1. The first-order valence-corrected chi connectivity index (χ1v) is 9.09. The van der Waals surface area contributed by atoms with Crippen LogP contribution in [0.3, 0.4) is 0 Å². The second kappa shape index (κ2) is 6.28. The van der Waals surface area contributed by atoms with Gasteiger partial charge in [-0.25, -0.2) is 4.98 Å². The van der Waals surface area contributed by atoms with Crippen molar-refractivity contribution in [1.82, 2.24) is 14.9 Å². The van der Waals surface area contributed by atoms with E-state index in [2.05, 4.69) is 26.6 Å². The van der Waals surface area contributed by atoms with E-state index in [4.69, 9.17) is 0 Å². The number of carbonyl (C=O) groups is 1. The normalized spacial score (nSPS) is 15.8. The third-order valence-electron chi connectivity index (χ3n) is 4.62. The molecule has 3 aromatic rings. The summed E-state index contributed by atoms with van der Waals surface area (Å²) in [5.74, 6) is 1.03. The number of aryl methyl sites for hydroxylation is 1. The molecule has 5 nitrogen and oxygen atoms in total. The molecular weight excluding hydrogens is 320 g/mol. The molecule has 6 heteroatoms. The van der Waals surface area contributed by atoms with E-state index in [9.17, 15) is 4.79 Å². The second-order valence-electron chi connectivity index (χ2n) is 6.25. The number of anilines is 1. The Kier molecular flexibility index (Phi) is 3.98. The van der Waals surface area contributed by atoms with Crippen molar-refractivity contribution < 1.29 is 4.79 Å². The zero-order chi connectivity index (χ0) is 16.5. The van der Waals surface area contributed by atoms with Crippen LogP contribution in [-0.2, 0) is 7.05 Å². The van der Waals surface area contributed by atoms with E-state index in [1.807, 2.05) is 42.2 Å². The Labute approximate surface area is 144 Å². The number of carbonyl (C=O) groups excluding carboxylic acids is 1. The Hall–Kier alpha value is -2.34. The number of hydrogen-bond donors (Lipinski definition) is 1. The lowest BCUT2D eigenvalue weighted by molar-refractivity contribution is 0.0931. The third kappa shape index (κ3) is 2.89. The van der Waals surface area contributed by atoms with Gasteiger partial charge in [0.2, 0.25) is 5.95 Å². The molecule has 3 heterocycles. The number of nitrogens with one attached hydrogen (secondary N) is 1. The van der Waals surface area contributed by atoms with Gasteiger partial charge in [0, 0.05) is 48.8 Å². The number of thiophene rings is 1. The summed E-state index contributed by atoms with van der Waals surface area (Å²) in [6.07, 6.45) is 5.67. The summed E-state index contributed by atoms with van der Waals surface area (Å²) in [5, 5.41) is 6.37. The van der Waals surface area contributed by atoms with Crippen molar-refractivity contribution in [2.24, 2.45) is 7.05 Å². The minimum Gasteiger partial charge on any atom is -0.349 e. The Bertz CT molecular complexity index is 861. The molecule has 0 atom stereocenters. The fraction of sp³-hybridized carbons (Fsp3) is 0.333. The molecule has 1 aliphatic rings. The summed E-state index contributed by atoms with van der Waals surface area (Å²) in [4.78, 5) is 19.2. The van der Waals surface area contributed by atoms with Gasteiger partial charge in [-0.15, -0.1) is 11.3 Å². The van der Waals surface area contributed by atoms with E-state index < -0.39 is 0 Å². The molecule has 4 rings (SSSR count). The van der Waals surface area contributed by atoms with Gasteiger partial charge in [-0.3, -0.25) is 4.79 Å². The lowest BCUT2D eigenvalue weighted by atomic mass is 10.0. The van der Waals surface area contributed by atoms with Crippen LogP contribution < -0.4 is 10.2 Å². The number of benzene rings is 1. The van der Waals surface area contributed by atoms with Gasteiger partial charge in [-0.05, 0) is 47.9 Å². The number of aromatic nitrogens is 2. The van der Waals surface area contributed by atoms with Crippen molar-refractivity contribution >= 4 is 33.3 Å². The first kappa shape index (κ1) is 15.2. The number of amides is 1. The van der Waals surface area contributed by atoms with Crippen molar-refractivity contribution in [1.29, 1.82) is 0 Å². The number of hydrogen-bond acceptors (Lipinski definition) is 4. The predicted molar refractivity (Wildman–Crippen MR) is 97.7 cm³/mol. The summed E-state index contributed by atoms with van der Waals surface area (Å²) in [5.41, 5.74) is 0.743. The second-order valence-corrected chi connectivity index (χ2v) is 7.19.